The van der Waals surface area contributed by atoms with Crippen molar-refractivity contribution in [1.29, 1.82) is 0 Å². The van der Waals surface area contributed by atoms with Gasteiger partial charge in [0.2, 0.25) is 0 Å². The predicted molar refractivity (Wildman–Crippen MR) is 130 cm³/mol. The molecule has 0 N–H and O–H groups in total. The van der Waals surface area contributed by atoms with Gasteiger partial charge in [0.1, 0.15) is 0 Å². The van der Waals surface area contributed by atoms with Gasteiger partial charge in [-0.2, -0.15) is 11.1 Å². The number of fused-ring (bicyclic) bond motifs is 2. The molecule has 2 unspecified atom stereocenters. The molecule has 2 aliphatic rings. The van der Waals surface area contributed by atoms with E-state index in [0.29, 0.717) is 11.8 Å². The van der Waals surface area contributed by atoms with E-state index in [2.05, 4.69) is 111 Å². The average molecular weight is 585 g/mol. The van der Waals surface area contributed by atoms with Crippen LogP contribution in [0.3, 0.4) is 0 Å². The largest absolute Gasteiger partial charge is 4.00 e. The van der Waals surface area contributed by atoms with E-state index in [1.54, 1.807) is 0 Å². The monoisotopic (exact) mass is 582 g/mol. The van der Waals surface area contributed by atoms with Gasteiger partial charge >= 0.3 is 26.2 Å². The molecular formula is C28H22Cl2S2Zr. The zero-order valence-corrected chi connectivity index (χ0v) is 23.9. The summed E-state index contributed by atoms with van der Waals surface area (Å²) >= 11 is 3.73. The molecule has 2 aromatic heterocycles. The number of allylic oxidation sites excluding steroid dienone is 2. The summed E-state index contributed by atoms with van der Waals surface area (Å²) in [7, 11) is 0. The molecule has 0 bridgehead atoms. The maximum absolute atomic E-state index is 3.44. The summed E-state index contributed by atoms with van der Waals surface area (Å²) in [5.41, 5.74) is 5.40. The Morgan fingerprint density at radius 1 is 0.576 bits per heavy atom. The first-order chi connectivity index (χ1) is 14.7. The molecule has 0 radical (unpaired) electrons. The third-order valence-corrected chi connectivity index (χ3v) is 7.65. The molecule has 164 valence electrons. The Hall–Kier alpha value is -1.22. The molecule has 5 heteroatoms. The van der Waals surface area contributed by atoms with E-state index >= 15 is 0 Å². The first-order valence-electron chi connectivity index (χ1n) is 10.2. The fourth-order valence-electron chi connectivity index (χ4n) is 4.02. The Bertz CT molecular complexity index is 1150. The van der Waals surface area contributed by atoms with Crippen molar-refractivity contribution < 1.29 is 51.0 Å². The smallest absolute Gasteiger partial charge is 1.00 e. The van der Waals surface area contributed by atoms with Crippen molar-refractivity contribution in [2.45, 2.75) is 25.7 Å². The summed E-state index contributed by atoms with van der Waals surface area (Å²) in [6, 6.07) is 25.9. The molecule has 0 aliphatic heterocycles. The van der Waals surface area contributed by atoms with Gasteiger partial charge in [0.25, 0.3) is 0 Å². The normalized spacial score (nSPS) is 16.4. The number of benzene rings is 2. The fraction of sp³-hybridized carbons (Fsp3) is 0.143. The third-order valence-electron chi connectivity index (χ3n) is 5.52. The Labute approximate surface area is 236 Å². The molecular weight excluding hydrogens is 563 g/mol. The van der Waals surface area contributed by atoms with Crippen molar-refractivity contribution in [3.05, 3.63) is 127 Å². The fourth-order valence-corrected chi connectivity index (χ4v) is 5.94. The Morgan fingerprint density at radius 3 is 1.33 bits per heavy atom. The number of rotatable bonds is 2. The van der Waals surface area contributed by atoms with Crippen LogP contribution in [0.2, 0.25) is 0 Å². The van der Waals surface area contributed by atoms with Gasteiger partial charge < -0.3 is 24.8 Å². The molecule has 0 fully saturated rings. The van der Waals surface area contributed by atoms with Crippen molar-refractivity contribution in [3.8, 4) is 0 Å². The van der Waals surface area contributed by atoms with Crippen LogP contribution >= 0.6 is 22.7 Å². The van der Waals surface area contributed by atoms with Crippen LogP contribution < -0.4 is 24.8 Å². The number of hydrogen-bond acceptors (Lipinski definition) is 2. The van der Waals surface area contributed by atoms with Crippen molar-refractivity contribution in [2.24, 2.45) is 0 Å². The van der Waals surface area contributed by atoms with E-state index in [9.17, 15) is 0 Å². The van der Waals surface area contributed by atoms with E-state index in [1.807, 2.05) is 22.7 Å². The van der Waals surface area contributed by atoms with Crippen molar-refractivity contribution in [3.63, 3.8) is 0 Å². The maximum Gasteiger partial charge on any atom is 4.00 e. The van der Waals surface area contributed by atoms with E-state index in [0.717, 1.165) is 0 Å². The van der Waals surface area contributed by atoms with Gasteiger partial charge in [0.15, 0.2) is 0 Å². The topological polar surface area (TPSA) is 0 Å². The van der Waals surface area contributed by atoms with Gasteiger partial charge in [-0.05, 0) is 47.9 Å². The maximum atomic E-state index is 3.44. The summed E-state index contributed by atoms with van der Waals surface area (Å²) in [6.07, 6.45) is 11.1. The Kier molecular flexibility index (Phi) is 10.6. The SMILES string of the molecule is Cc1ccc(C2[C-]=Cc3ccccc32)s1.Cc1ccc(C2[C-]=Cc3ccccc32)s1.[Cl-].[Cl-].[Zr+4]. The quantitative estimate of drug-likeness (QED) is 0.317. The van der Waals surface area contributed by atoms with Crippen LogP contribution in [0.4, 0.5) is 0 Å². The Morgan fingerprint density at radius 2 is 0.970 bits per heavy atom. The van der Waals surface area contributed by atoms with E-state index in [-0.39, 0.29) is 51.0 Å². The van der Waals surface area contributed by atoms with Crippen LogP contribution in [0.1, 0.15) is 53.6 Å². The summed E-state index contributed by atoms with van der Waals surface area (Å²) < 4.78 is 0. The molecule has 0 spiro atoms. The molecule has 0 amide bonds. The van der Waals surface area contributed by atoms with Crippen LogP contribution in [-0.4, -0.2) is 0 Å². The molecule has 6 rings (SSSR count). The summed E-state index contributed by atoms with van der Waals surface area (Å²) in [4.78, 5) is 5.54. The molecule has 4 aromatic rings. The number of halogens is 2. The molecule has 2 aromatic carbocycles. The van der Waals surface area contributed by atoms with Gasteiger partial charge in [0.05, 0.1) is 0 Å². The van der Waals surface area contributed by atoms with Crippen molar-refractivity contribution >= 4 is 34.8 Å². The summed E-state index contributed by atoms with van der Waals surface area (Å²) in [6.45, 7) is 4.30. The molecule has 0 saturated carbocycles. The van der Waals surface area contributed by atoms with E-state index < -0.39 is 0 Å². The van der Waals surface area contributed by atoms with Gasteiger partial charge in [-0.1, -0.05) is 48.2 Å². The third kappa shape index (κ3) is 6.08. The molecule has 2 aliphatic carbocycles. The van der Waals surface area contributed by atoms with Crippen LogP contribution in [0.25, 0.3) is 12.2 Å². The van der Waals surface area contributed by atoms with Gasteiger partial charge in [-0.15, -0.1) is 45.9 Å². The van der Waals surface area contributed by atoms with E-state index in [4.69, 9.17) is 0 Å². The zero-order chi connectivity index (χ0) is 20.5. The Balaban J connectivity index is 0.000000214. The second-order valence-electron chi connectivity index (χ2n) is 7.64. The summed E-state index contributed by atoms with van der Waals surface area (Å²) in [5.74, 6) is 0.722. The first kappa shape index (κ1) is 28.0. The first-order valence-corrected chi connectivity index (χ1v) is 11.8. The number of aryl methyl sites for hydroxylation is 2. The van der Waals surface area contributed by atoms with Crippen LogP contribution in [0.5, 0.6) is 0 Å². The van der Waals surface area contributed by atoms with Gasteiger partial charge in [0, 0.05) is 9.75 Å². The second kappa shape index (κ2) is 12.5. The molecule has 0 saturated heterocycles. The molecule has 2 heterocycles. The second-order valence-corrected chi connectivity index (χ2v) is 10.3. The predicted octanol–water partition coefficient (Wildman–Crippen LogP) is 2.04. The van der Waals surface area contributed by atoms with Gasteiger partial charge in [-0.25, -0.2) is 12.2 Å². The molecule has 33 heavy (non-hydrogen) atoms. The van der Waals surface area contributed by atoms with Crippen molar-refractivity contribution in [2.75, 3.05) is 0 Å². The summed E-state index contributed by atoms with van der Waals surface area (Å²) in [5, 5.41) is 0. The van der Waals surface area contributed by atoms with Crippen LogP contribution in [-0.2, 0) is 26.2 Å². The minimum absolute atomic E-state index is 0. The van der Waals surface area contributed by atoms with Crippen LogP contribution in [0, 0.1) is 26.0 Å². The number of hydrogen-bond donors (Lipinski definition) is 0. The zero-order valence-electron chi connectivity index (χ0n) is 18.3. The molecule has 2 atom stereocenters. The minimum Gasteiger partial charge on any atom is -1.00 e. The van der Waals surface area contributed by atoms with Crippen molar-refractivity contribution in [1.82, 2.24) is 0 Å². The minimum atomic E-state index is 0. The van der Waals surface area contributed by atoms with E-state index in [1.165, 1.54) is 41.8 Å². The van der Waals surface area contributed by atoms with Gasteiger partial charge in [-0.3, -0.25) is 12.2 Å². The molecule has 0 nitrogen and oxygen atoms in total. The number of thiophene rings is 2. The average Bonchev–Trinajstić information content (AvgIpc) is 3.54. The standard InChI is InChI=1S/2C14H11S.2ClH.Zr/c2*1-10-6-9-14(15-10)13-8-7-11-4-2-3-5-12(11)13;;;/h2*2-7,9,13H,1H3;2*1H;/q2*-1;;;+4/p-2. The van der Waals surface area contributed by atoms with Crippen LogP contribution in [0.15, 0.2) is 72.8 Å².